The van der Waals surface area contributed by atoms with E-state index in [1.807, 2.05) is 12.1 Å². The highest BCUT2D eigenvalue weighted by Gasteiger charge is 2.06. The van der Waals surface area contributed by atoms with Crippen molar-refractivity contribution in [2.45, 2.75) is 19.4 Å². The summed E-state index contributed by atoms with van der Waals surface area (Å²) in [7, 11) is 3.33. The number of ether oxygens (including phenoxy) is 2. The first-order valence-electron chi connectivity index (χ1n) is 6.57. The summed E-state index contributed by atoms with van der Waals surface area (Å²) < 4.78 is 10.3. The summed E-state index contributed by atoms with van der Waals surface area (Å²) in [6.07, 6.45) is 2.08. The third kappa shape index (κ3) is 5.07. The number of unbranched alkanes of at least 4 members (excludes halogenated alkanes) is 1. The van der Waals surface area contributed by atoms with Crippen molar-refractivity contribution in [2.24, 2.45) is 10.9 Å². The predicted octanol–water partition coefficient (Wildman–Crippen LogP) is 1.31. The number of oxime groups is 1. The highest BCUT2D eigenvalue weighted by molar-refractivity contribution is 5.97. The molecule has 0 spiro atoms. The SMILES string of the molecule is COCCCCNCc1cc(/C(N)=N/O)ccc1OC. The van der Waals surface area contributed by atoms with Crippen LogP contribution in [0.1, 0.15) is 24.0 Å². The van der Waals surface area contributed by atoms with E-state index in [9.17, 15) is 0 Å². The van der Waals surface area contributed by atoms with Gasteiger partial charge in [-0.3, -0.25) is 0 Å². The largest absolute Gasteiger partial charge is 0.496 e. The Labute approximate surface area is 119 Å². The molecule has 0 bridgehead atoms. The van der Waals surface area contributed by atoms with Gasteiger partial charge in [0.05, 0.1) is 7.11 Å². The number of methoxy groups -OCH3 is 2. The molecule has 0 unspecified atom stereocenters. The third-order valence-corrected chi connectivity index (χ3v) is 2.95. The average Bonchev–Trinajstić information content (AvgIpc) is 2.49. The lowest BCUT2D eigenvalue weighted by molar-refractivity contribution is 0.192. The van der Waals surface area contributed by atoms with Crippen molar-refractivity contribution in [1.29, 1.82) is 0 Å². The van der Waals surface area contributed by atoms with Crippen LogP contribution in [0, 0.1) is 0 Å². The zero-order chi connectivity index (χ0) is 14.8. The van der Waals surface area contributed by atoms with Gasteiger partial charge in [0.25, 0.3) is 0 Å². The number of amidine groups is 1. The van der Waals surface area contributed by atoms with Gasteiger partial charge < -0.3 is 25.7 Å². The van der Waals surface area contributed by atoms with Crippen LogP contribution in [0.5, 0.6) is 5.75 Å². The van der Waals surface area contributed by atoms with Crippen molar-refractivity contribution in [3.8, 4) is 5.75 Å². The molecule has 1 aromatic rings. The Bertz CT molecular complexity index is 436. The molecule has 1 rings (SSSR count). The van der Waals surface area contributed by atoms with Gasteiger partial charge >= 0.3 is 0 Å². The number of benzene rings is 1. The molecule has 1 aromatic carbocycles. The molecule has 0 atom stereocenters. The van der Waals surface area contributed by atoms with Crippen molar-refractivity contribution < 1.29 is 14.7 Å². The standard InChI is InChI=1S/C14H23N3O3/c1-19-8-4-3-7-16-10-12-9-11(14(15)17-18)5-6-13(12)20-2/h5-6,9,16,18H,3-4,7-8,10H2,1-2H3,(H2,15,17). The Morgan fingerprint density at radius 2 is 2.15 bits per heavy atom. The van der Waals surface area contributed by atoms with Crippen LogP contribution in [0.25, 0.3) is 0 Å². The molecule has 0 aromatic heterocycles. The lowest BCUT2D eigenvalue weighted by Crippen LogP contribution is -2.17. The van der Waals surface area contributed by atoms with Crippen molar-refractivity contribution in [1.82, 2.24) is 5.32 Å². The van der Waals surface area contributed by atoms with E-state index in [0.717, 1.165) is 37.3 Å². The molecule has 0 aliphatic heterocycles. The summed E-state index contributed by atoms with van der Waals surface area (Å²) in [5, 5.41) is 15.1. The van der Waals surface area contributed by atoms with Crippen LogP contribution in [0.3, 0.4) is 0 Å². The quantitative estimate of drug-likeness (QED) is 0.209. The zero-order valence-electron chi connectivity index (χ0n) is 12.1. The third-order valence-electron chi connectivity index (χ3n) is 2.95. The maximum atomic E-state index is 8.71. The molecule has 0 amide bonds. The molecule has 0 aliphatic carbocycles. The molecular weight excluding hydrogens is 258 g/mol. The van der Waals surface area contributed by atoms with E-state index in [-0.39, 0.29) is 5.84 Å². The van der Waals surface area contributed by atoms with E-state index in [0.29, 0.717) is 12.1 Å². The van der Waals surface area contributed by atoms with Gasteiger partial charge in [-0.1, -0.05) is 5.16 Å². The Balaban J connectivity index is 2.58. The minimum Gasteiger partial charge on any atom is -0.496 e. The highest BCUT2D eigenvalue weighted by Crippen LogP contribution is 2.19. The van der Waals surface area contributed by atoms with Crippen LogP contribution in [-0.4, -0.2) is 38.4 Å². The number of nitrogens with zero attached hydrogens (tertiary/aromatic N) is 1. The van der Waals surface area contributed by atoms with Gasteiger partial charge in [0, 0.05) is 31.4 Å². The molecule has 0 aliphatic rings. The second kappa shape index (κ2) is 9.17. The molecule has 112 valence electrons. The molecule has 0 radical (unpaired) electrons. The van der Waals surface area contributed by atoms with Crippen LogP contribution < -0.4 is 15.8 Å². The van der Waals surface area contributed by atoms with Gasteiger partial charge in [-0.2, -0.15) is 0 Å². The summed E-state index contributed by atoms with van der Waals surface area (Å²) in [5.74, 6) is 0.873. The van der Waals surface area contributed by atoms with Gasteiger partial charge in [-0.25, -0.2) is 0 Å². The van der Waals surface area contributed by atoms with Crippen LogP contribution in [0.15, 0.2) is 23.4 Å². The van der Waals surface area contributed by atoms with Gasteiger partial charge in [-0.05, 0) is 37.6 Å². The second-order valence-electron chi connectivity index (χ2n) is 4.39. The molecular formula is C14H23N3O3. The van der Waals surface area contributed by atoms with Crippen molar-refractivity contribution in [3.63, 3.8) is 0 Å². The first-order valence-corrected chi connectivity index (χ1v) is 6.57. The summed E-state index contributed by atoms with van der Waals surface area (Å²) in [4.78, 5) is 0. The average molecular weight is 281 g/mol. The molecule has 0 saturated carbocycles. The summed E-state index contributed by atoms with van der Waals surface area (Å²) in [6.45, 7) is 2.35. The fourth-order valence-corrected chi connectivity index (χ4v) is 1.85. The number of nitrogens with one attached hydrogen (secondary N) is 1. The van der Waals surface area contributed by atoms with Crippen LogP contribution >= 0.6 is 0 Å². The smallest absolute Gasteiger partial charge is 0.170 e. The molecule has 6 nitrogen and oxygen atoms in total. The molecule has 0 fully saturated rings. The van der Waals surface area contributed by atoms with Gasteiger partial charge in [0.15, 0.2) is 5.84 Å². The first kappa shape index (κ1) is 16.3. The summed E-state index contributed by atoms with van der Waals surface area (Å²) in [5.41, 5.74) is 7.24. The van der Waals surface area contributed by atoms with E-state index < -0.39 is 0 Å². The van der Waals surface area contributed by atoms with E-state index in [1.54, 1.807) is 20.3 Å². The van der Waals surface area contributed by atoms with E-state index >= 15 is 0 Å². The molecule has 6 heteroatoms. The van der Waals surface area contributed by atoms with E-state index in [1.165, 1.54) is 0 Å². The highest BCUT2D eigenvalue weighted by atomic mass is 16.5. The summed E-state index contributed by atoms with van der Waals surface area (Å²) >= 11 is 0. The maximum absolute atomic E-state index is 8.71. The number of nitrogens with two attached hydrogens (primary N) is 1. The topological polar surface area (TPSA) is 89.1 Å². The van der Waals surface area contributed by atoms with Gasteiger partial charge in [0.1, 0.15) is 5.75 Å². The second-order valence-corrected chi connectivity index (χ2v) is 4.39. The number of rotatable bonds is 9. The van der Waals surface area contributed by atoms with E-state index in [4.69, 9.17) is 20.4 Å². The zero-order valence-corrected chi connectivity index (χ0v) is 12.1. The predicted molar refractivity (Wildman–Crippen MR) is 78.3 cm³/mol. The number of hydrogen-bond acceptors (Lipinski definition) is 5. The monoisotopic (exact) mass is 281 g/mol. The minimum atomic E-state index is 0.0917. The number of hydrogen-bond donors (Lipinski definition) is 3. The Hall–Kier alpha value is -1.79. The maximum Gasteiger partial charge on any atom is 0.170 e. The van der Waals surface area contributed by atoms with Gasteiger partial charge in [-0.15, -0.1) is 0 Å². The lowest BCUT2D eigenvalue weighted by atomic mass is 10.1. The minimum absolute atomic E-state index is 0.0917. The van der Waals surface area contributed by atoms with Crippen LogP contribution in [-0.2, 0) is 11.3 Å². The van der Waals surface area contributed by atoms with Crippen molar-refractivity contribution in [3.05, 3.63) is 29.3 Å². The van der Waals surface area contributed by atoms with E-state index in [2.05, 4.69) is 10.5 Å². The molecule has 0 heterocycles. The lowest BCUT2D eigenvalue weighted by Gasteiger charge is -2.11. The fraction of sp³-hybridized carbons (Fsp3) is 0.500. The Kier molecular flexibility index (Phi) is 7.46. The van der Waals surface area contributed by atoms with Gasteiger partial charge in [0.2, 0.25) is 0 Å². The molecule has 4 N–H and O–H groups in total. The normalized spacial score (nSPS) is 11.6. The van der Waals surface area contributed by atoms with Crippen molar-refractivity contribution in [2.75, 3.05) is 27.4 Å². The Morgan fingerprint density at radius 3 is 2.80 bits per heavy atom. The van der Waals surface area contributed by atoms with Crippen LogP contribution in [0.4, 0.5) is 0 Å². The summed E-state index contributed by atoms with van der Waals surface area (Å²) in [6, 6.07) is 5.43. The Morgan fingerprint density at radius 1 is 1.35 bits per heavy atom. The molecule has 20 heavy (non-hydrogen) atoms. The van der Waals surface area contributed by atoms with Crippen LogP contribution in [0.2, 0.25) is 0 Å². The first-order chi connectivity index (χ1) is 9.72. The molecule has 0 saturated heterocycles. The van der Waals surface area contributed by atoms with Crippen molar-refractivity contribution >= 4 is 5.84 Å². The fourth-order valence-electron chi connectivity index (χ4n) is 1.85.